The van der Waals surface area contributed by atoms with E-state index < -0.39 is 11.6 Å². The van der Waals surface area contributed by atoms with Crippen LogP contribution in [0.1, 0.15) is 33.6 Å². The quantitative estimate of drug-likeness (QED) is 0.698. The van der Waals surface area contributed by atoms with Crippen molar-refractivity contribution in [3.63, 3.8) is 0 Å². The van der Waals surface area contributed by atoms with E-state index in [2.05, 4.69) is 4.90 Å². The van der Waals surface area contributed by atoms with Gasteiger partial charge in [0.25, 0.3) is 0 Å². The molecule has 0 aliphatic carbocycles. The molecule has 0 aromatic heterocycles. The highest BCUT2D eigenvalue weighted by atomic mass is 19.1. The molecule has 3 nitrogen and oxygen atoms in total. The molecule has 1 amide bonds. The molecule has 98 valence electrons. The highest BCUT2D eigenvalue weighted by Crippen LogP contribution is 2.26. The van der Waals surface area contributed by atoms with E-state index in [0.29, 0.717) is 6.54 Å². The normalized spacial score (nSPS) is 31.2. The van der Waals surface area contributed by atoms with Gasteiger partial charge in [-0.15, -0.1) is 0 Å². The molecular weight excluding hydrogens is 219 g/mol. The third-order valence-corrected chi connectivity index (χ3v) is 3.80. The average molecular weight is 242 g/mol. The first-order valence-corrected chi connectivity index (χ1v) is 6.57. The van der Waals surface area contributed by atoms with Gasteiger partial charge in [-0.1, -0.05) is 20.8 Å². The van der Waals surface area contributed by atoms with Crippen LogP contribution >= 0.6 is 0 Å². The number of rotatable bonds is 1. The summed E-state index contributed by atoms with van der Waals surface area (Å²) in [4.78, 5) is 16.0. The molecule has 2 rings (SSSR count). The zero-order valence-corrected chi connectivity index (χ0v) is 11.1. The second kappa shape index (κ2) is 4.56. The summed E-state index contributed by atoms with van der Waals surface area (Å²) in [6.45, 7) is 8.71. The van der Waals surface area contributed by atoms with Gasteiger partial charge in [-0.05, 0) is 25.9 Å². The van der Waals surface area contributed by atoms with E-state index in [1.54, 1.807) is 4.90 Å². The fourth-order valence-electron chi connectivity index (χ4n) is 2.63. The molecule has 0 aromatic carbocycles. The minimum Gasteiger partial charge on any atom is -0.339 e. The highest BCUT2D eigenvalue weighted by Gasteiger charge is 2.39. The van der Waals surface area contributed by atoms with Crippen LogP contribution < -0.4 is 0 Å². The molecule has 2 aliphatic rings. The molecule has 0 bridgehead atoms. The Hall–Kier alpha value is -0.640. The van der Waals surface area contributed by atoms with Crippen molar-refractivity contribution in [3.05, 3.63) is 0 Å². The van der Waals surface area contributed by atoms with E-state index in [-0.39, 0.29) is 18.5 Å². The van der Waals surface area contributed by atoms with Gasteiger partial charge in [0.15, 0.2) is 0 Å². The molecule has 2 fully saturated rings. The monoisotopic (exact) mass is 242 g/mol. The topological polar surface area (TPSA) is 23.6 Å². The Morgan fingerprint density at radius 3 is 2.29 bits per heavy atom. The maximum absolute atomic E-state index is 14.1. The summed E-state index contributed by atoms with van der Waals surface area (Å²) in [6.07, 6.45) is 1.09. The number of halogens is 1. The first-order valence-electron chi connectivity index (χ1n) is 6.57. The van der Waals surface area contributed by atoms with Crippen LogP contribution in [0.3, 0.4) is 0 Å². The smallest absolute Gasteiger partial charge is 0.228 e. The Labute approximate surface area is 103 Å². The Morgan fingerprint density at radius 2 is 1.88 bits per heavy atom. The molecule has 2 heterocycles. The van der Waals surface area contributed by atoms with Crippen molar-refractivity contribution >= 4 is 5.91 Å². The Bertz CT molecular complexity index is 296. The molecule has 0 N–H and O–H groups in total. The van der Waals surface area contributed by atoms with Crippen molar-refractivity contribution in [1.82, 2.24) is 9.80 Å². The predicted molar refractivity (Wildman–Crippen MR) is 65.5 cm³/mol. The summed E-state index contributed by atoms with van der Waals surface area (Å²) < 4.78 is 14.1. The van der Waals surface area contributed by atoms with Gasteiger partial charge < -0.3 is 4.90 Å². The third-order valence-electron chi connectivity index (χ3n) is 3.80. The number of hydrogen-bond acceptors (Lipinski definition) is 2. The summed E-state index contributed by atoms with van der Waals surface area (Å²) in [6, 6.07) is 0.0489. The van der Waals surface area contributed by atoms with Crippen LogP contribution in [0.25, 0.3) is 0 Å². The van der Waals surface area contributed by atoms with Crippen molar-refractivity contribution in [2.45, 2.75) is 45.8 Å². The summed E-state index contributed by atoms with van der Waals surface area (Å²) in [5.74, 6) is 0.0715. The van der Waals surface area contributed by atoms with Gasteiger partial charge >= 0.3 is 0 Å². The molecule has 0 saturated carbocycles. The van der Waals surface area contributed by atoms with Crippen LogP contribution in [-0.2, 0) is 4.79 Å². The van der Waals surface area contributed by atoms with Gasteiger partial charge in [-0.25, -0.2) is 4.39 Å². The number of piperidine rings is 1. The molecule has 0 radical (unpaired) electrons. The zero-order chi connectivity index (χ0) is 12.6. The van der Waals surface area contributed by atoms with E-state index >= 15 is 0 Å². The molecule has 2 aliphatic heterocycles. The second-order valence-corrected chi connectivity index (χ2v) is 6.26. The maximum atomic E-state index is 14.1. The summed E-state index contributed by atoms with van der Waals surface area (Å²) >= 11 is 0. The van der Waals surface area contributed by atoms with E-state index in [0.717, 1.165) is 19.5 Å². The fourth-order valence-corrected chi connectivity index (χ4v) is 2.63. The Morgan fingerprint density at radius 1 is 1.24 bits per heavy atom. The van der Waals surface area contributed by atoms with Crippen LogP contribution in [0.2, 0.25) is 0 Å². The van der Waals surface area contributed by atoms with Crippen molar-refractivity contribution in [2.24, 2.45) is 5.41 Å². The maximum Gasteiger partial charge on any atom is 0.228 e. The van der Waals surface area contributed by atoms with Crippen LogP contribution in [0.4, 0.5) is 4.39 Å². The molecule has 0 aromatic rings. The molecule has 2 atom stereocenters. The standard InChI is InChI=1S/C13H23FN2O/c1-13(2,3)12(17)16-8-5-11(10(14)9-16)15-6-4-7-15/h10-11H,4-9H2,1-3H3. The first kappa shape index (κ1) is 12.8. The van der Waals surface area contributed by atoms with Gasteiger partial charge in [0.1, 0.15) is 6.17 Å². The Kier molecular flexibility index (Phi) is 3.43. The molecule has 2 saturated heterocycles. The summed E-state index contributed by atoms with van der Waals surface area (Å²) in [5.41, 5.74) is -0.399. The van der Waals surface area contributed by atoms with E-state index in [9.17, 15) is 9.18 Å². The van der Waals surface area contributed by atoms with Crippen LogP contribution in [-0.4, -0.2) is 54.1 Å². The summed E-state index contributed by atoms with van der Waals surface area (Å²) in [5, 5.41) is 0. The lowest BCUT2D eigenvalue weighted by atomic mass is 9.91. The predicted octanol–water partition coefficient (Wildman–Crippen LogP) is 1.68. The van der Waals surface area contributed by atoms with Crippen molar-refractivity contribution < 1.29 is 9.18 Å². The average Bonchev–Trinajstić information content (AvgIpc) is 2.15. The highest BCUT2D eigenvalue weighted by molar-refractivity contribution is 5.81. The van der Waals surface area contributed by atoms with Crippen LogP contribution in [0.15, 0.2) is 0 Å². The van der Waals surface area contributed by atoms with Crippen molar-refractivity contribution in [1.29, 1.82) is 0 Å². The lowest BCUT2D eigenvalue weighted by molar-refractivity contribution is -0.143. The number of nitrogens with zero attached hydrogens (tertiary/aromatic N) is 2. The molecule has 4 heteroatoms. The van der Waals surface area contributed by atoms with Gasteiger partial charge in [0.05, 0.1) is 6.54 Å². The van der Waals surface area contributed by atoms with Gasteiger partial charge in [-0.3, -0.25) is 9.69 Å². The van der Waals surface area contributed by atoms with Gasteiger partial charge in [-0.2, -0.15) is 0 Å². The molecule has 2 unspecified atom stereocenters. The number of alkyl halides is 1. The number of hydrogen-bond donors (Lipinski definition) is 0. The summed E-state index contributed by atoms with van der Waals surface area (Å²) in [7, 11) is 0. The lowest BCUT2D eigenvalue weighted by Gasteiger charge is -2.45. The second-order valence-electron chi connectivity index (χ2n) is 6.26. The number of amides is 1. The number of likely N-dealkylation sites (tertiary alicyclic amines) is 2. The molecular formula is C13H23FN2O. The van der Waals surface area contributed by atoms with Gasteiger partial charge in [0, 0.05) is 18.0 Å². The number of carbonyl (C=O) groups is 1. The van der Waals surface area contributed by atoms with Crippen LogP contribution in [0.5, 0.6) is 0 Å². The van der Waals surface area contributed by atoms with E-state index in [1.807, 2.05) is 20.8 Å². The van der Waals surface area contributed by atoms with Crippen molar-refractivity contribution in [2.75, 3.05) is 26.2 Å². The minimum absolute atomic E-state index is 0.0489. The largest absolute Gasteiger partial charge is 0.339 e. The lowest BCUT2D eigenvalue weighted by Crippen LogP contribution is -2.58. The van der Waals surface area contributed by atoms with E-state index in [1.165, 1.54) is 6.42 Å². The third kappa shape index (κ3) is 2.62. The van der Waals surface area contributed by atoms with Gasteiger partial charge in [0.2, 0.25) is 5.91 Å². The van der Waals surface area contributed by atoms with Crippen LogP contribution in [0, 0.1) is 5.41 Å². The SMILES string of the molecule is CC(C)(C)C(=O)N1CCC(N2CCC2)C(F)C1. The minimum atomic E-state index is -0.879. The zero-order valence-electron chi connectivity index (χ0n) is 11.1. The Balaban J connectivity index is 1.92. The van der Waals surface area contributed by atoms with Crippen molar-refractivity contribution in [3.8, 4) is 0 Å². The fraction of sp³-hybridized carbons (Fsp3) is 0.923. The molecule has 0 spiro atoms. The number of carbonyl (C=O) groups excluding carboxylic acids is 1. The van der Waals surface area contributed by atoms with E-state index in [4.69, 9.17) is 0 Å². The molecule has 17 heavy (non-hydrogen) atoms. The first-order chi connectivity index (χ1) is 7.89.